The Morgan fingerprint density at radius 1 is 1.32 bits per heavy atom. The summed E-state index contributed by atoms with van der Waals surface area (Å²) in [5, 5.41) is 6.03. The van der Waals surface area contributed by atoms with Crippen LogP contribution in [0.25, 0.3) is 0 Å². The molecule has 1 fully saturated rings. The molecule has 0 aliphatic heterocycles. The van der Waals surface area contributed by atoms with Crippen LogP contribution in [0.1, 0.15) is 51.1 Å². The van der Waals surface area contributed by atoms with Crippen molar-refractivity contribution in [2.45, 2.75) is 51.6 Å². The van der Waals surface area contributed by atoms with E-state index in [1.54, 1.807) is 6.92 Å². The van der Waals surface area contributed by atoms with Crippen LogP contribution in [-0.4, -0.2) is 18.5 Å². The van der Waals surface area contributed by atoms with Gasteiger partial charge in [-0.25, -0.2) is 8.78 Å². The summed E-state index contributed by atoms with van der Waals surface area (Å²) in [5.74, 6) is -0.767. The van der Waals surface area contributed by atoms with Gasteiger partial charge in [-0.2, -0.15) is 0 Å². The number of nitrogens with one attached hydrogen (secondary N) is 2. The van der Waals surface area contributed by atoms with Crippen molar-refractivity contribution in [3.8, 4) is 0 Å². The Bertz CT molecular complexity index is 521. The molecule has 0 heterocycles. The van der Waals surface area contributed by atoms with Crippen LogP contribution in [0.3, 0.4) is 0 Å². The summed E-state index contributed by atoms with van der Waals surface area (Å²) in [6.07, 6.45) is 4.55. The van der Waals surface area contributed by atoms with Crippen molar-refractivity contribution in [3.05, 3.63) is 35.4 Å². The number of halogens is 2. The predicted octanol–water partition coefficient (Wildman–Crippen LogP) is 3.31. The molecule has 0 radical (unpaired) electrons. The molecule has 0 bridgehead atoms. The zero-order valence-electron chi connectivity index (χ0n) is 13.2. The summed E-state index contributed by atoms with van der Waals surface area (Å²) in [4.78, 5) is 12.0. The fourth-order valence-corrected chi connectivity index (χ4v) is 3.00. The highest BCUT2D eigenvalue weighted by atomic mass is 19.1. The van der Waals surface area contributed by atoms with Crippen LogP contribution in [0.15, 0.2) is 18.2 Å². The molecule has 0 saturated heterocycles. The summed E-state index contributed by atoms with van der Waals surface area (Å²) in [7, 11) is 0. The molecule has 2 N–H and O–H groups in total. The molecule has 3 atom stereocenters. The maximum Gasteiger partial charge on any atom is 0.234 e. The molecule has 122 valence electrons. The minimum absolute atomic E-state index is 0.0758. The maximum absolute atomic E-state index is 13.7. The molecule has 0 aromatic heterocycles. The Morgan fingerprint density at radius 3 is 2.73 bits per heavy atom. The Labute approximate surface area is 130 Å². The van der Waals surface area contributed by atoms with Crippen molar-refractivity contribution in [2.75, 3.05) is 6.54 Å². The van der Waals surface area contributed by atoms with Gasteiger partial charge in [0.2, 0.25) is 5.91 Å². The lowest BCUT2D eigenvalue weighted by molar-refractivity contribution is -0.121. The van der Waals surface area contributed by atoms with E-state index in [1.807, 2.05) is 0 Å². The van der Waals surface area contributed by atoms with Gasteiger partial charge >= 0.3 is 0 Å². The summed E-state index contributed by atoms with van der Waals surface area (Å²) in [6, 6.07) is 3.37. The van der Waals surface area contributed by atoms with Crippen LogP contribution in [-0.2, 0) is 4.79 Å². The summed E-state index contributed by atoms with van der Waals surface area (Å²) in [6.45, 7) is 4.04. The van der Waals surface area contributed by atoms with Crippen molar-refractivity contribution in [1.29, 1.82) is 0 Å². The highest BCUT2D eigenvalue weighted by molar-refractivity contribution is 5.78. The first-order valence-electron chi connectivity index (χ1n) is 7.95. The first-order chi connectivity index (χ1) is 10.5. The van der Waals surface area contributed by atoms with E-state index in [0.717, 1.165) is 25.3 Å². The second-order valence-electron chi connectivity index (χ2n) is 6.20. The molecule has 1 aliphatic carbocycles. The number of benzene rings is 1. The summed E-state index contributed by atoms with van der Waals surface area (Å²) in [5.41, 5.74) is 0.361. The van der Waals surface area contributed by atoms with E-state index in [2.05, 4.69) is 17.6 Å². The minimum Gasteiger partial charge on any atom is -0.352 e. The van der Waals surface area contributed by atoms with Crippen LogP contribution in [0.2, 0.25) is 0 Å². The van der Waals surface area contributed by atoms with E-state index >= 15 is 0 Å². The van der Waals surface area contributed by atoms with Gasteiger partial charge in [-0.05, 0) is 31.7 Å². The van der Waals surface area contributed by atoms with Crippen molar-refractivity contribution >= 4 is 5.91 Å². The lowest BCUT2D eigenvalue weighted by atomic mass is 9.86. The number of amides is 1. The van der Waals surface area contributed by atoms with E-state index < -0.39 is 11.6 Å². The van der Waals surface area contributed by atoms with Crippen LogP contribution in [0.4, 0.5) is 8.78 Å². The van der Waals surface area contributed by atoms with Gasteiger partial charge in [-0.1, -0.05) is 25.8 Å². The fourth-order valence-electron chi connectivity index (χ4n) is 3.00. The van der Waals surface area contributed by atoms with Crippen molar-refractivity contribution < 1.29 is 13.6 Å². The molecular weight excluding hydrogens is 286 g/mol. The van der Waals surface area contributed by atoms with Crippen LogP contribution in [0.5, 0.6) is 0 Å². The molecule has 22 heavy (non-hydrogen) atoms. The lowest BCUT2D eigenvalue weighted by Gasteiger charge is -2.29. The Kier molecular flexibility index (Phi) is 5.89. The first kappa shape index (κ1) is 16.9. The second kappa shape index (κ2) is 7.68. The van der Waals surface area contributed by atoms with Crippen LogP contribution >= 0.6 is 0 Å². The Balaban J connectivity index is 1.82. The van der Waals surface area contributed by atoms with Gasteiger partial charge in [0.15, 0.2) is 0 Å². The van der Waals surface area contributed by atoms with E-state index in [0.29, 0.717) is 11.5 Å². The Hall–Kier alpha value is -1.49. The molecular formula is C17H24F2N2O. The predicted molar refractivity (Wildman–Crippen MR) is 82.3 cm³/mol. The highest BCUT2D eigenvalue weighted by Gasteiger charge is 2.22. The first-order valence-corrected chi connectivity index (χ1v) is 7.95. The SMILES string of the molecule is C[C@H](NCC(=O)N[C@@H]1CCCC[C@@H]1C)c1ccc(F)cc1F. The fraction of sp³-hybridized carbons (Fsp3) is 0.588. The highest BCUT2D eigenvalue weighted by Crippen LogP contribution is 2.23. The van der Waals surface area contributed by atoms with Crippen molar-refractivity contribution in [2.24, 2.45) is 5.92 Å². The number of hydrogen-bond donors (Lipinski definition) is 2. The molecule has 0 unspecified atom stereocenters. The largest absolute Gasteiger partial charge is 0.352 e. The van der Waals surface area contributed by atoms with Crippen LogP contribution < -0.4 is 10.6 Å². The standard InChI is InChI=1S/C17H24F2N2O/c1-11-5-3-4-6-16(11)21-17(22)10-20-12(2)14-8-7-13(18)9-15(14)19/h7-9,11-12,16,20H,3-6,10H2,1-2H3,(H,21,22)/t11-,12-,16+/m0/s1. The molecule has 1 aromatic rings. The average Bonchev–Trinajstić information content (AvgIpc) is 2.47. The minimum atomic E-state index is -0.600. The zero-order valence-corrected chi connectivity index (χ0v) is 13.2. The zero-order chi connectivity index (χ0) is 16.1. The summed E-state index contributed by atoms with van der Waals surface area (Å²) >= 11 is 0. The van der Waals surface area contributed by atoms with E-state index in [9.17, 15) is 13.6 Å². The number of carbonyl (C=O) groups excluding carboxylic acids is 1. The molecule has 5 heteroatoms. The average molecular weight is 310 g/mol. The number of rotatable bonds is 5. The molecule has 1 amide bonds. The number of hydrogen-bond acceptors (Lipinski definition) is 2. The third kappa shape index (κ3) is 4.50. The van der Waals surface area contributed by atoms with Gasteiger partial charge in [0.25, 0.3) is 0 Å². The molecule has 0 spiro atoms. The molecule has 3 nitrogen and oxygen atoms in total. The third-order valence-corrected chi connectivity index (χ3v) is 4.46. The van der Waals surface area contributed by atoms with E-state index in [4.69, 9.17) is 0 Å². The van der Waals surface area contributed by atoms with E-state index in [-0.39, 0.29) is 24.5 Å². The summed E-state index contributed by atoms with van der Waals surface area (Å²) < 4.78 is 26.6. The second-order valence-corrected chi connectivity index (χ2v) is 6.20. The van der Waals surface area contributed by atoms with Gasteiger partial charge in [-0.15, -0.1) is 0 Å². The van der Waals surface area contributed by atoms with Gasteiger partial charge in [0, 0.05) is 23.7 Å². The monoisotopic (exact) mass is 310 g/mol. The normalized spacial score (nSPS) is 23.1. The van der Waals surface area contributed by atoms with Crippen molar-refractivity contribution in [3.63, 3.8) is 0 Å². The lowest BCUT2D eigenvalue weighted by Crippen LogP contribution is -2.45. The molecule has 1 aromatic carbocycles. The van der Waals surface area contributed by atoms with E-state index in [1.165, 1.54) is 18.6 Å². The third-order valence-electron chi connectivity index (χ3n) is 4.46. The quantitative estimate of drug-likeness (QED) is 0.876. The van der Waals surface area contributed by atoms with Gasteiger partial charge in [0.1, 0.15) is 11.6 Å². The van der Waals surface area contributed by atoms with Gasteiger partial charge in [-0.3, -0.25) is 4.79 Å². The molecule has 2 rings (SSSR count). The van der Waals surface area contributed by atoms with Crippen LogP contribution in [0, 0.1) is 17.6 Å². The maximum atomic E-state index is 13.7. The number of carbonyl (C=O) groups is 1. The Morgan fingerprint density at radius 2 is 2.05 bits per heavy atom. The molecule has 1 saturated carbocycles. The van der Waals surface area contributed by atoms with Crippen molar-refractivity contribution in [1.82, 2.24) is 10.6 Å². The topological polar surface area (TPSA) is 41.1 Å². The van der Waals surface area contributed by atoms with Gasteiger partial charge < -0.3 is 10.6 Å². The molecule has 1 aliphatic rings. The van der Waals surface area contributed by atoms with Gasteiger partial charge in [0.05, 0.1) is 6.54 Å². The smallest absolute Gasteiger partial charge is 0.234 e.